The summed E-state index contributed by atoms with van der Waals surface area (Å²) < 4.78 is 51.3. The van der Waals surface area contributed by atoms with E-state index in [1.165, 1.54) is 0 Å². The fraction of sp³-hybridized carbons (Fsp3) is 0.186. The first kappa shape index (κ1) is 36.9. The Hall–Kier alpha value is -5.84. The lowest BCUT2D eigenvalue weighted by molar-refractivity contribution is -0.645. The van der Waals surface area contributed by atoms with Crippen molar-refractivity contribution in [2.24, 2.45) is 0 Å². The molecule has 1 N–H and O–H groups in total. The molecule has 0 fully saturated rings. The van der Waals surface area contributed by atoms with E-state index >= 15 is 0 Å². The first-order valence-electron chi connectivity index (χ1n) is 17.2. The van der Waals surface area contributed by atoms with E-state index in [1.54, 1.807) is 33.1 Å². The van der Waals surface area contributed by atoms with E-state index in [0.717, 1.165) is 33.5 Å². The number of hydrogen-bond acceptors (Lipinski definition) is 7. The second-order valence-corrected chi connectivity index (χ2v) is 14.4. The number of fused-ring (bicyclic) bond motifs is 2. The number of pyridine rings is 1. The van der Waals surface area contributed by atoms with Crippen molar-refractivity contribution in [3.63, 3.8) is 0 Å². The van der Waals surface area contributed by atoms with Crippen LogP contribution in [0.2, 0.25) is 0 Å². The van der Waals surface area contributed by atoms with Crippen LogP contribution in [-0.4, -0.2) is 37.8 Å². The van der Waals surface area contributed by atoms with Gasteiger partial charge in [0.2, 0.25) is 11.0 Å². The van der Waals surface area contributed by atoms with Crippen molar-refractivity contribution in [1.82, 2.24) is 0 Å². The Morgan fingerprint density at radius 3 is 2.08 bits per heavy atom. The molecule has 53 heavy (non-hydrogen) atoms. The molecule has 0 aliphatic heterocycles. The number of esters is 2. The average Bonchev–Trinajstić information content (AvgIpc) is 3.15. The van der Waals surface area contributed by atoms with Gasteiger partial charge >= 0.3 is 11.9 Å². The molecule has 10 heteroatoms. The fourth-order valence-electron chi connectivity index (χ4n) is 6.38. The molecule has 0 atom stereocenters. The van der Waals surface area contributed by atoms with Crippen LogP contribution in [0.1, 0.15) is 61.4 Å². The van der Waals surface area contributed by atoms with Gasteiger partial charge in [0.25, 0.3) is 10.1 Å². The van der Waals surface area contributed by atoms with Crippen molar-refractivity contribution in [1.29, 1.82) is 0 Å². The molecule has 9 nitrogen and oxygen atoms in total. The van der Waals surface area contributed by atoms with Gasteiger partial charge in [-0.25, -0.2) is 9.59 Å². The molecule has 0 radical (unpaired) electrons. The van der Waals surface area contributed by atoms with E-state index in [2.05, 4.69) is 4.57 Å². The molecular formula is C43H40NO8S+. The lowest BCUT2D eigenvalue weighted by Crippen LogP contribution is -2.37. The van der Waals surface area contributed by atoms with Crippen molar-refractivity contribution in [3.8, 4) is 11.5 Å². The van der Waals surface area contributed by atoms with Crippen molar-refractivity contribution >= 4 is 56.0 Å². The van der Waals surface area contributed by atoms with Crippen LogP contribution in [0.25, 0.3) is 34.0 Å². The number of unbranched alkanes of at least 4 members (excludes halogenated alkanes) is 1. The van der Waals surface area contributed by atoms with Gasteiger partial charge < -0.3 is 14.2 Å². The predicted molar refractivity (Wildman–Crippen MR) is 206 cm³/mol. The summed E-state index contributed by atoms with van der Waals surface area (Å²) in [5.41, 5.74) is 6.20. The van der Waals surface area contributed by atoms with Gasteiger partial charge in [0.05, 0.1) is 34.8 Å². The van der Waals surface area contributed by atoms with Gasteiger partial charge in [-0.05, 0) is 84.5 Å². The zero-order valence-electron chi connectivity index (χ0n) is 29.7. The summed E-state index contributed by atoms with van der Waals surface area (Å²) >= 11 is 0. The van der Waals surface area contributed by atoms with Crippen molar-refractivity contribution in [2.45, 2.75) is 39.8 Å². The Labute approximate surface area is 308 Å². The molecule has 0 unspecified atom stereocenters. The summed E-state index contributed by atoms with van der Waals surface area (Å²) in [7, 11) is -2.48. The number of carbonyl (C=O) groups excluding carboxylic acids is 2. The standard InChI is InChI=1S/C43H39NO8S/c1-29-25-34(42(45)51-28-33-11-5-4-6-12-33)26-30(2)41(29)52-43(46)40-36-13-7-8-14-38(36)44(23-9-10-24-53(47,48)49)39-27-32(19-22-37(39)40)16-15-31-17-20-35(50-3)21-18-31/h4-8,11-22,25-27H,9-10,23-24,28H2,1-3H3/p+1. The van der Waals surface area contributed by atoms with Gasteiger partial charge in [-0.15, -0.1) is 0 Å². The smallest absolute Gasteiger partial charge is 0.345 e. The van der Waals surface area contributed by atoms with E-state index < -0.39 is 22.1 Å². The number of carbonyl (C=O) groups is 2. The number of rotatable bonds is 13. The first-order valence-corrected chi connectivity index (χ1v) is 18.8. The highest BCUT2D eigenvalue weighted by Gasteiger charge is 2.27. The largest absolute Gasteiger partial charge is 0.497 e. The molecule has 6 aromatic rings. The third-order valence-electron chi connectivity index (χ3n) is 8.97. The van der Waals surface area contributed by atoms with Crippen LogP contribution in [0.4, 0.5) is 0 Å². The van der Waals surface area contributed by atoms with Crippen molar-refractivity contribution in [2.75, 3.05) is 12.9 Å². The Balaban J connectivity index is 1.36. The summed E-state index contributed by atoms with van der Waals surface area (Å²) in [6, 6.07) is 33.8. The van der Waals surface area contributed by atoms with Crippen LogP contribution in [0, 0.1) is 13.8 Å². The molecular weight excluding hydrogens is 691 g/mol. The topological polar surface area (TPSA) is 120 Å². The van der Waals surface area contributed by atoms with Gasteiger partial charge in [-0.1, -0.05) is 72.8 Å². The highest BCUT2D eigenvalue weighted by Crippen LogP contribution is 2.31. The lowest BCUT2D eigenvalue weighted by Gasteiger charge is -2.15. The molecule has 270 valence electrons. The van der Waals surface area contributed by atoms with Crippen molar-refractivity contribution < 1.29 is 41.3 Å². The van der Waals surface area contributed by atoms with Crippen LogP contribution in [0.3, 0.4) is 0 Å². The Kier molecular flexibility index (Phi) is 11.3. The number of nitrogens with zero attached hydrogens (tertiary/aromatic N) is 1. The minimum absolute atomic E-state index is 0.141. The minimum Gasteiger partial charge on any atom is -0.497 e. The van der Waals surface area contributed by atoms with Gasteiger partial charge in [0.1, 0.15) is 24.7 Å². The minimum atomic E-state index is -4.10. The molecule has 0 spiro atoms. The van der Waals surface area contributed by atoms with E-state index in [9.17, 15) is 22.6 Å². The SMILES string of the molecule is COc1ccc(C=Cc2ccc3c(C(=O)Oc4c(C)cc(C(=O)OCc5ccccc5)cc4C)c4ccccc4[n+](CCCCS(=O)(=O)O)c3c2)cc1. The van der Waals surface area contributed by atoms with Crippen LogP contribution in [0.5, 0.6) is 11.5 Å². The van der Waals surface area contributed by atoms with Crippen LogP contribution in [-0.2, 0) is 28.0 Å². The summed E-state index contributed by atoms with van der Waals surface area (Å²) in [6.45, 7) is 4.15. The molecule has 1 heterocycles. The maximum Gasteiger partial charge on any atom is 0.345 e. The van der Waals surface area contributed by atoms with Gasteiger partial charge in [0, 0.05) is 18.6 Å². The fourth-order valence-corrected chi connectivity index (χ4v) is 6.95. The quantitative estimate of drug-likeness (QED) is 0.0240. The highest BCUT2D eigenvalue weighted by atomic mass is 32.2. The molecule has 0 bridgehead atoms. The maximum absolute atomic E-state index is 14.3. The molecule has 5 aromatic carbocycles. The number of hydrogen-bond donors (Lipinski definition) is 1. The number of benzene rings is 5. The zero-order chi connectivity index (χ0) is 37.5. The van der Waals surface area contributed by atoms with Crippen LogP contribution >= 0.6 is 0 Å². The Morgan fingerprint density at radius 2 is 1.38 bits per heavy atom. The average molecular weight is 731 g/mol. The van der Waals surface area contributed by atoms with Gasteiger partial charge in [-0.3, -0.25) is 4.55 Å². The molecule has 0 saturated carbocycles. The van der Waals surface area contributed by atoms with E-state index in [-0.39, 0.29) is 18.8 Å². The van der Waals surface area contributed by atoms with Crippen molar-refractivity contribution in [3.05, 3.63) is 148 Å². The van der Waals surface area contributed by atoms with Gasteiger partial charge in [-0.2, -0.15) is 13.0 Å². The molecule has 0 aliphatic rings. The molecule has 1 aromatic heterocycles. The zero-order valence-corrected chi connectivity index (χ0v) is 30.6. The summed E-state index contributed by atoms with van der Waals surface area (Å²) in [4.78, 5) is 27.3. The number of aryl methyl sites for hydroxylation is 3. The second-order valence-electron chi connectivity index (χ2n) is 12.8. The third-order valence-corrected chi connectivity index (χ3v) is 9.78. The summed E-state index contributed by atoms with van der Waals surface area (Å²) in [6.07, 6.45) is 4.70. The van der Waals surface area contributed by atoms with E-state index in [0.29, 0.717) is 51.7 Å². The normalized spacial score (nSPS) is 11.6. The number of aromatic nitrogens is 1. The maximum atomic E-state index is 14.3. The molecule has 0 saturated heterocycles. The summed E-state index contributed by atoms with van der Waals surface area (Å²) in [5, 5.41) is 1.32. The van der Waals surface area contributed by atoms with E-state index in [1.807, 2.05) is 109 Å². The Bertz CT molecular complexity index is 2420. The second kappa shape index (κ2) is 16.2. The summed E-state index contributed by atoms with van der Waals surface area (Å²) in [5.74, 6) is -0.260. The van der Waals surface area contributed by atoms with E-state index in [4.69, 9.17) is 14.2 Å². The molecule has 0 amide bonds. The highest BCUT2D eigenvalue weighted by molar-refractivity contribution is 7.85. The van der Waals surface area contributed by atoms with Crippen LogP contribution < -0.4 is 14.0 Å². The number of methoxy groups -OCH3 is 1. The predicted octanol–water partition coefficient (Wildman–Crippen LogP) is 8.32. The van der Waals surface area contributed by atoms with Crippen LogP contribution in [0.15, 0.2) is 109 Å². The van der Waals surface area contributed by atoms with Gasteiger partial charge in [0.15, 0.2) is 0 Å². The third kappa shape index (κ3) is 8.97. The number of ether oxygens (including phenoxy) is 3. The molecule has 0 aliphatic carbocycles. The Morgan fingerprint density at radius 1 is 0.736 bits per heavy atom. The first-order chi connectivity index (χ1) is 25.5. The lowest BCUT2D eigenvalue weighted by atomic mass is 9.99. The monoisotopic (exact) mass is 730 g/mol. The molecule has 6 rings (SSSR count). The number of para-hydroxylation sites is 1.